The first-order valence-electron chi connectivity index (χ1n) is 49.2. The second-order valence-corrected chi connectivity index (χ2v) is 36.4. The first-order chi connectivity index (χ1) is 70.6. The van der Waals surface area contributed by atoms with Gasteiger partial charge in [0.15, 0.2) is 0 Å². The minimum atomic E-state index is -0.488. The Hall–Kier alpha value is -17.2. The molecule has 724 valence electrons. The number of para-hydroxylation sites is 2. The van der Waals surface area contributed by atoms with E-state index in [0.717, 1.165) is 159 Å². The maximum Gasteiger partial charge on any atom is 0.119 e. The van der Waals surface area contributed by atoms with Crippen LogP contribution in [-0.4, -0.2) is 62.2 Å². The second kappa shape index (κ2) is 48.3. The Balaban J connectivity index is 0.000000140. The van der Waals surface area contributed by atoms with Crippen molar-refractivity contribution in [3.8, 4) is 39.9 Å². The number of anilines is 15. The van der Waals surface area contributed by atoms with Gasteiger partial charge in [-0.15, -0.1) is 0 Å². The van der Waals surface area contributed by atoms with E-state index in [1.54, 1.807) is 48.5 Å². The van der Waals surface area contributed by atoms with Crippen LogP contribution >= 0.6 is 0 Å². The SMILES string of the molecule is CCc1ccc(N(c2ccc(CCO)cc2)c2ccc(CCO)cc2)cc1C.Cc1ccc(C(=Cc2ccc(N(c3ccc(C)cc3)c3ccc(C)cc3)cc2)c2ccc(OCCO)cc2)cc1.Cc1ccc(N(c2ccc(C)cc2)c2ccc(C(C)(c3ccc(O)cc3)c3ccc(O)cc3)cc2)cc1.Oc1cccc(N(c2ccccc2)c2ccc(-c3ccc(N(c4ccccc4)c4cccc(O)c4)cc3)cc2)c1. The highest BCUT2D eigenvalue weighted by atomic mass is 16.5. The normalized spacial score (nSPS) is 11.1. The largest absolute Gasteiger partial charge is 0.508 e. The predicted molar refractivity (Wildman–Crippen MR) is 602 cm³/mol. The number of aliphatic hydroxyl groups is 3. The van der Waals surface area contributed by atoms with Gasteiger partial charge in [0.1, 0.15) is 35.4 Å². The lowest BCUT2D eigenvalue weighted by atomic mass is 9.71. The minimum absolute atomic E-state index is 0.00246. The maximum absolute atomic E-state index is 10.1. The average Bonchev–Trinajstić information content (AvgIpc) is 0.757. The quantitative estimate of drug-likeness (QED) is 0.0168. The van der Waals surface area contributed by atoms with Gasteiger partial charge in [-0.2, -0.15) is 0 Å². The molecule has 0 bridgehead atoms. The molecule has 0 saturated heterocycles. The van der Waals surface area contributed by atoms with Crippen LogP contribution in [0.1, 0.15) is 97.3 Å². The monoisotopic (exact) mass is 1910 g/mol. The third kappa shape index (κ3) is 25.6. The van der Waals surface area contributed by atoms with Gasteiger partial charge in [0.2, 0.25) is 0 Å². The summed E-state index contributed by atoms with van der Waals surface area (Å²) < 4.78 is 5.58. The van der Waals surface area contributed by atoms with Gasteiger partial charge in [-0.1, -0.05) is 271 Å². The minimum Gasteiger partial charge on any atom is -0.508 e. The maximum atomic E-state index is 10.1. The number of phenolic OH excluding ortho intramolecular Hbond substituents is 4. The molecule has 0 aliphatic rings. The Morgan fingerprint density at radius 2 is 0.538 bits per heavy atom. The van der Waals surface area contributed by atoms with Crippen LogP contribution in [0.2, 0.25) is 0 Å². The van der Waals surface area contributed by atoms with E-state index >= 15 is 0 Å². The summed E-state index contributed by atoms with van der Waals surface area (Å²) in [5, 5.41) is 67.5. The van der Waals surface area contributed by atoms with E-state index in [4.69, 9.17) is 9.84 Å². The molecule has 13 heteroatoms. The highest BCUT2D eigenvalue weighted by Crippen LogP contribution is 2.46. The Kier molecular flexibility index (Phi) is 33.6. The molecule has 0 unspecified atom stereocenters. The highest BCUT2D eigenvalue weighted by molar-refractivity contribution is 5.93. The summed E-state index contributed by atoms with van der Waals surface area (Å²) in [6, 6.07) is 158. The highest BCUT2D eigenvalue weighted by Gasteiger charge is 2.32. The number of benzene rings is 19. The number of hydrogen-bond acceptors (Lipinski definition) is 13. The molecule has 145 heavy (non-hydrogen) atoms. The van der Waals surface area contributed by atoms with E-state index in [-0.39, 0.29) is 49.4 Å². The van der Waals surface area contributed by atoms with Crippen molar-refractivity contribution in [2.75, 3.05) is 50.9 Å². The van der Waals surface area contributed by atoms with Crippen molar-refractivity contribution in [1.82, 2.24) is 0 Å². The summed E-state index contributed by atoms with van der Waals surface area (Å²) in [6.45, 7) is 17.7. The number of phenols is 4. The lowest BCUT2D eigenvalue weighted by molar-refractivity contribution is 0.201. The van der Waals surface area contributed by atoms with Crippen molar-refractivity contribution in [2.45, 2.75) is 80.1 Å². The molecule has 0 atom stereocenters. The molecule has 0 radical (unpaired) electrons. The van der Waals surface area contributed by atoms with Gasteiger partial charge >= 0.3 is 0 Å². The zero-order chi connectivity index (χ0) is 101. The van der Waals surface area contributed by atoms with Crippen molar-refractivity contribution < 1.29 is 40.5 Å². The molecule has 19 aromatic carbocycles. The molecular weight excluding hydrogens is 1780 g/mol. The van der Waals surface area contributed by atoms with Gasteiger partial charge in [0.05, 0.1) is 6.61 Å². The summed E-state index contributed by atoms with van der Waals surface area (Å²) in [6.07, 6.45) is 4.60. The number of aryl methyl sites for hydroxylation is 7. The fourth-order valence-corrected chi connectivity index (χ4v) is 18.0. The molecule has 19 rings (SSSR count). The van der Waals surface area contributed by atoms with Crippen LogP contribution in [0.15, 0.2) is 467 Å². The summed E-state index contributed by atoms with van der Waals surface area (Å²) >= 11 is 0. The fourth-order valence-electron chi connectivity index (χ4n) is 18.0. The number of ether oxygens (including phenoxy) is 1. The summed E-state index contributed by atoms with van der Waals surface area (Å²) in [5.74, 6) is 1.67. The Morgan fingerprint density at radius 1 is 0.262 bits per heavy atom. The van der Waals surface area contributed by atoms with Crippen molar-refractivity contribution >= 4 is 97.0 Å². The molecule has 13 nitrogen and oxygen atoms in total. The topological polar surface area (TPSA) is 167 Å². The fraction of sp³-hybridized carbons (Fsp3) is 0.121. The molecule has 0 aromatic heterocycles. The molecule has 0 amide bonds. The number of rotatable bonds is 30. The first-order valence-corrected chi connectivity index (χ1v) is 49.2. The third-order valence-electron chi connectivity index (χ3n) is 26.1. The van der Waals surface area contributed by atoms with Crippen molar-refractivity contribution in [1.29, 1.82) is 0 Å². The van der Waals surface area contributed by atoms with Crippen LogP contribution in [0.3, 0.4) is 0 Å². The van der Waals surface area contributed by atoms with Crippen molar-refractivity contribution in [3.63, 3.8) is 0 Å². The second-order valence-electron chi connectivity index (χ2n) is 36.4. The van der Waals surface area contributed by atoms with E-state index in [2.05, 4.69) is 407 Å². The van der Waals surface area contributed by atoms with Gasteiger partial charge in [-0.05, 0) is 365 Å². The molecular formula is C132H123N5O8. The third-order valence-corrected chi connectivity index (χ3v) is 26.1. The van der Waals surface area contributed by atoms with E-state index in [1.165, 1.54) is 38.9 Å². The van der Waals surface area contributed by atoms with Gasteiger partial charge in [-0.3, -0.25) is 0 Å². The number of aliphatic hydroxyl groups excluding tert-OH is 3. The van der Waals surface area contributed by atoms with Crippen LogP contribution in [-0.2, 0) is 24.7 Å². The zero-order valence-electron chi connectivity index (χ0n) is 83.3. The zero-order valence-corrected chi connectivity index (χ0v) is 83.3. The number of nitrogens with zero attached hydrogens (tertiary/aromatic N) is 5. The molecule has 0 spiro atoms. The lowest BCUT2D eigenvalue weighted by Crippen LogP contribution is -2.25. The van der Waals surface area contributed by atoms with Gasteiger partial charge in [0, 0.05) is 116 Å². The van der Waals surface area contributed by atoms with Crippen LogP contribution in [0.5, 0.6) is 28.7 Å². The molecule has 0 aliphatic carbocycles. The first kappa shape index (κ1) is 101. The predicted octanol–water partition coefficient (Wildman–Crippen LogP) is 32.4. The van der Waals surface area contributed by atoms with E-state index < -0.39 is 5.41 Å². The van der Waals surface area contributed by atoms with Gasteiger partial charge in [-0.25, -0.2) is 0 Å². The molecule has 19 aromatic rings. The Labute approximate surface area is 853 Å². The van der Waals surface area contributed by atoms with Crippen molar-refractivity contribution in [3.05, 3.63) is 551 Å². The molecule has 0 fully saturated rings. The molecule has 0 heterocycles. The summed E-state index contributed by atoms with van der Waals surface area (Å²) in [7, 11) is 0. The van der Waals surface area contributed by atoms with E-state index in [0.29, 0.717) is 12.8 Å². The lowest BCUT2D eigenvalue weighted by Gasteiger charge is -2.33. The summed E-state index contributed by atoms with van der Waals surface area (Å²) in [5.41, 5.74) is 36.2. The number of hydrogen-bond donors (Lipinski definition) is 7. The van der Waals surface area contributed by atoms with Gasteiger partial charge in [0.25, 0.3) is 0 Å². The van der Waals surface area contributed by atoms with Gasteiger partial charge < -0.3 is 65.0 Å². The number of aromatic hydroxyl groups is 4. The van der Waals surface area contributed by atoms with Crippen LogP contribution in [0.4, 0.5) is 85.3 Å². The van der Waals surface area contributed by atoms with Crippen LogP contribution in [0.25, 0.3) is 22.8 Å². The van der Waals surface area contributed by atoms with Crippen molar-refractivity contribution in [2.24, 2.45) is 0 Å². The Bertz CT molecular complexity index is 7050. The van der Waals surface area contributed by atoms with Crippen LogP contribution < -0.4 is 29.2 Å². The average molecular weight is 1910 g/mol. The molecule has 0 aliphatic heterocycles. The standard InChI is InChI=1S/C37H35NO2.C36H28N2O2.C34H31NO2.C25H29NO2/c1-27-4-12-31(13-5-27)37(32-14-22-36(23-15-32)40-25-24-39)26-30-10-20-35(21-11-30)38(33-16-6-28(2)7-17-33)34-18-8-29(3)9-19-34;39-35-15-7-13-33(25-35)37(29-9-3-1-4-10-29)31-21-17-27(18-22-31)28-19-23-32(24-20-28)38(30-11-5-2-6-12-30)34-14-8-16-36(40)26-34;1-24-4-14-29(15-5-24)35(30-16-6-25(2)7-17-30)31-18-8-26(9-19-31)34(3,27-10-20-32(36)21-11-27)28-12-22-33(37)23-13-28;1-3-22-8-13-25(18-19(22)2)26(23-9-4-20(5-10-23)14-16-27)24-11-6-21(7-12-24)15-17-28/h4-23,26,39H,24-25H2,1-3H3;1-26,39-40H;4-23,36-37H,1-3H3;4-13,18,27-28H,3,14-17H2,1-2H3. The van der Waals surface area contributed by atoms with E-state index in [9.17, 15) is 30.6 Å². The molecule has 7 N–H and O–H groups in total. The molecule has 0 saturated carbocycles. The summed E-state index contributed by atoms with van der Waals surface area (Å²) in [4.78, 5) is 11.1. The smallest absolute Gasteiger partial charge is 0.119 e. The van der Waals surface area contributed by atoms with E-state index in [1.807, 2.05) is 97.1 Å². The Morgan fingerprint density at radius 3 is 0.862 bits per heavy atom. The van der Waals surface area contributed by atoms with Crippen LogP contribution in [0, 0.1) is 41.5 Å².